The molecule has 1 aliphatic rings. The Kier molecular flexibility index (Phi) is 4.23. The van der Waals surface area contributed by atoms with E-state index in [-0.39, 0.29) is 6.04 Å². The molecule has 0 radical (unpaired) electrons. The third kappa shape index (κ3) is 3.09. The van der Waals surface area contributed by atoms with Crippen LogP contribution in [0.1, 0.15) is 41.5 Å². The molecule has 0 spiro atoms. The summed E-state index contributed by atoms with van der Waals surface area (Å²) in [5.74, 6) is 7.30. The van der Waals surface area contributed by atoms with Crippen LogP contribution < -0.4 is 16.0 Å². The van der Waals surface area contributed by atoms with Gasteiger partial charge in [0.2, 0.25) is 0 Å². The normalized spacial score (nSPS) is 18.7. The monoisotopic (exact) mass is 282 g/mol. The SMILES string of the molecule is Cc1ccc(C(CC2CCOc3ccccc32)NN)cc1. The molecule has 21 heavy (non-hydrogen) atoms. The molecule has 0 amide bonds. The molecule has 2 aromatic carbocycles. The molecule has 0 fully saturated rings. The summed E-state index contributed by atoms with van der Waals surface area (Å²) >= 11 is 0. The average Bonchev–Trinajstić information content (AvgIpc) is 2.54. The van der Waals surface area contributed by atoms with Crippen LogP contribution in [0.4, 0.5) is 0 Å². The lowest BCUT2D eigenvalue weighted by Crippen LogP contribution is -2.30. The zero-order valence-electron chi connectivity index (χ0n) is 12.4. The van der Waals surface area contributed by atoms with Crippen molar-refractivity contribution in [2.45, 2.75) is 31.7 Å². The molecule has 0 saturated heterocycles. The van der Waals surface area contributed by atoms with Crippen molar-refractivity contribution in [1.29, 1.82) is 0 Å². The maximum atomic E-state index is 5.80. The minimum atomic E-state index is 0.168. The van der Waals surface area contributed by atoms with E-state index in [4.69, 9.17) is 10.6 Å². The second-order valence-corrected chi connectivity index (χ2v) is 5.74. The lowest BCUT2D eigenvalue weighted by atomic mass is 9.85. The Balaban J connectivity index is 1.80. The van der Waals surface area contributed by atoms with Gasteiger partial charge in [0.1, 0.15) is 5.75 Å². The standard InChI is InChI=1S/C18H22N2O/c1-13-6-8-14(9-7-13)17(20-19)12-15-10-11-21-18-5-3-2-4-16(15)18/h2-9,15,17,20H,10-12,19H2,1H3. The van der Waals surface area contributed by atoms with Gasteiger partial charge < -0.3 is 4.74 Å². The predicted molar refractivity (Wildman–Crippen MR) is 85.2 cm³/mol. The van der Waals surface area contributed by atoms with Crippen molar-refractivity contribution in [2.24, 2.45) is 5.84 Å². The van der Waals surface area contributed by atoms with Crippen LogP contribution in [0.25, 0.3) is 0 Å². The summed E-state index contributed by atoms with van der Waals surface area (Å²) in [7, 11) is 0. The van der Waals surface area contributed by atoms with Gasteiger partial charge >= 0.3 is 0 Å². The third-order valence-corrected chi connectivity index (χ3v) is 4.28. The van der Waals surface area contributed by atoms with Crippen molar-refractivity contribution in [2.75, 3.05) is 6.61 Å². The van der Waals surface area contributed by atoms with Gasteiger partial charge in [0, 0.05) is 6.04 Å². The second kappa shape index (κ2) is 6.29. The molecule has 0 bridgehead atoms. The molecule has 3 heteroatoms. The Morgan fingerprint density at radius 2 is 1.95 bits per heavy atom. The van der Waals surface area contributed by atoms with Crippen molar-refractivity contribution < 1.29 is 4.74 Å². The van der Waals surface area contributed by atoms with Gasteiger partial charge in [0.25, 0.3) is 0 Å². The van der Waals surface area contributed by atoms with E-state index in [2.05, 4.69) is 54.8 Å². The summed E-state index contributed by atoms with van der Waals surface area (Å²) in [6.07, 6.45) is 2.03. The number of benzene rings is 2. The van der Waals surface area contributed by atoms with Crippen molar-refractivity contribution in [3.63, 3.8) is 0 Å². The quantitative estimate of drug-likeness (QED) is 0.667. The molecule has 110 valence electrons. The largest absolute Gasteiger partial charge is 0.493 e. The highest BCUT2D eigenvalue weighted by Crippen LogP contribution is 2.38. The average molecular weight is 282 g/mol. The first-order valence-corrected chi connectivity index (χ1v) is 7.52. The Labute approximate surface area is 126 Å². The van der Waals surface area contributed by atoms with Gasteiger partial charge in [0.15, 0.2) is 0 Å². The number of hydrazine groups is 1. The van der Waals surface area contributed by atoms with Crippen LogP contribution in [0.15, 0.2) is 48.5 Å². The minimum absolute atomic E-state index is 0.168. The van der Waals surface area contributed by atoms with E-state index in [9.17, 15) is 0 Å². The van der Waals surface area contributed by atoms with Gasteiger partial charge in [-0.3, -0.25) is 11.3 Å². The van der Waals surface area contributed by atoms with E-state index in [1.165, 1.54) is 16.7 Å². The fourth-order valence-electron chi connectivity index (χ4n) is 3.04. The topological polar surface area (TPSA) is 47.3 Å². The van der Waals surface area contributed by atoms with Crippen molar-refractivity contribution >= 4 is 0 Å². The second-order valence-electron chi connectivity index (χ2n) is 5.74. The Morgan fingerprint density at radius 1 is 1.19 bits per heavy atom. The molecule has 3 rings (SSSR count). The zero-order chi connectivity index (χ0) is 14.7. The molecular formula is C18H22N2O. The Hall–Kier alpha value is -1.84. The number of aryl methyl sites for hydroxylation is 1. The summed E-state index contributed by atoms with van der Waals surface area (Å²) in [5.41, 5.74) is 6.79. The van der Waals surface area contributed by atoms with Gasteiger partial charge in [0.05, 0.1) is 6.61 Å². The third-order valence-electron chi connectivity index (χ3n) is 4.28. The number of hydrogen-bond acceptors (Lipinski definition) is 3. The van der Waals surface area contributed by atoms with E-state index in [1.807, 2.05) is 6.07 Å². The molecule has 1 heterocycles. The van der Waals surface area contributed by atoms with E-state index in [0.29, 0.717) is 5.92 Å². The molecule has 0 saturated carbocycles. The van der Waals surface area contributed by atoms with Gasteiger partial charge in [-0.05, 0) is 42.9 Å². The first kappa shape index (κ1) is 14.1. The molecule has 1 aliphatic heterocycles. The molecule has 3 N–H and O–H groups in total. The lowest BCUT2D eigenvalue weighted by molar-refractivity contribution is 0.255. The number of ether oxygens (including phenoxy) is 1. The number of rotatable bonds is 4. The molecular weight excluding hydrogens is 260 g/mol. The zero-order valence-corrected chi connectivity index (χ0v) is 12.4. The van der Waals surface area contributed by atoms with Crippen molar-refractivity contribution in [3.05, 3.63) is 65.2 Å². The van der Waals surface area contributed by atoms with Crippen LogP contribution in [-0.4, -0.2) is 6.61 Å². The van der Waals surface area contributed by atoms with E-state index >= 15 is 0 Å². The summed E-state index contributed by atoms with van der Waals surface area (Å²) in [6.45, 7) is 2.89. The molecule has 0 aromatic heterocycles. The van der Waals surface area contributed by atoms with Crippen LogP contribution in [0, 0.1) is 6.92 Å². The highest BCUT2D eigenvalue weighted by molar-refractivity contribution is 5.38. The van der Waals surface area contributed by atoms with Crippen LogP contribution in [0.2, 0.25) is 0 Å². The first-order chi connectivity index (χ1) is 10.3. The smallest absolute Gasteiger partial charge is 0.122 e. The van der Waals surface area contributed by atoms with Crippen LogP contribution >= 0.6 is 0 Å². The van der Waals surface area contributed by atoms with Gasteiger partial charge in [-0.2, -0.15) is 0 Å². The summed E-state index contributed by atoms with van der Waals surface area (Å²) in [5, 5.41) is 0. The van der Waals surface area contributed by atoms with Crippen LogP contribution in [0.5, 0.6) is 5.75 Å². The first-order valence-electron chi connectivity index (χ1n) is 7.52. The van der Waals surface area contributed by atoms with Gasteiger partial charge in [-0.15, -0.1) is 0 Å². The molecule has 2 unspecified atom stereocenters. The Morgan fingerprint density at radius 3 is 2.71 bits per heavy atom. The maximum Gasteiger partial charge on any atom is 0.122 e. The van der Waals surface area contributed by atoms with Gasteiger partial charge in [-0.25, -0.2) is 0 Å². The number of para-hydroxylation sites is 1. The molecule has 2 atom stereocenters. The fourth-order valence-corrected chi connectivity index (χ4v) is 3.04. The van der Waals surface area contributed by atoms with Crippen LogP contribution in [-0.2, 0) is 0 Å². The fraction of sp³-hybridized carbons (Fsp3) is 0.333. The van der Waals surface area contributed by atoms with Gasteiger partial charge in [-0.1, -0.05) is 48.0 Å². The molecule has 0 aliphatic carbocycles. The molecule has 3 nitrogen and oxygen atoms in total. The number of nitrogens with two attached hydrogens (primary N) is 1. The lowest BCUT2D eigenvalue weighted by Gasteiger charge is -2.29. The predicted octanol–water partition coefficient (Wildman–Crippen LogP) is 3.46. The Bertz CT molecular complexity index is 594. The summed E-state index contributed by atoms with van der Waals surface area (Å²) < 4.78 is 5.74. The number of nitrogens with one attached hydrogen (secondary N) is 1. The highest BCUT2D eigenvalue weighted by atomic mass is 16.5. The van der Waals surface area contributed by atoms with Crippen molar-refractivity contribution in [1.82, 2.24) is 5.43 Å². The number of hydrogen-bond donors (Lipinski definition) is 2. The van der Waals surface area contributed by atoms with E-state index < -0.39 is 0 Å². The number of fused-ring (bicyclic) bond motifs is 1. The molecule has 2 aromatic rings. The minimum Gasteiger partial charge on any atom is -0.493 e. The highest BCUT2D eigenvalue weighted by Gasteiger charge is 2.24. The summed E-state index contributed by atoms with van der Waals surface area (Å²) in [6, 6.07) is 17.1. The summed E-state index contributed by atoms with van der Waals surface area (Å²) in [4.78, 5) is 0. The van der Waals surface area contributed by atoms with E-state index in [1.54, 1.807) is 0 Å². The van der Waals surface area contributed by atoms with Crippen molar-refractivity contribution in [3.8, 4) is 5.75 Å². The van der Waals surface area contributed by atoms with E-state index in [0.717, 1.165) is 25.2 Å². The maximum absolute atomic E-state index is 5.80. The van der Waals surface area contributed by atoms with Crippen LogP contribution in [0.3, 0.4) is 0 Å².